The van der Waals surface area contributed by atoms with E-state index in [1.807, 2.05) is 29.6 Å². The number of thiophene rings is 1. The molecule has 0 unspecified atom stereocenters. The molecule has 1 aliphatic rings. The van der Waals surface area contributed by atoms with E-state index in [1.165, 1.54) is 11.3 Å². The van der Waals surface area contributed by atoms with Crippen molar-refractivity contribution in [3.63, 3.8) is 0 Å². The highest BCUT2D eigenvalue weighted by molar-refractivity contribution is 7.17. The van der Waals surface area contributed by atoms with E-state index in [-0.39, 0.29) is 11.6 Å². The number of fused-ring (bicyclic) bond motifs is 1. The van der Waals surface area contributed by atoms with Crippen LogP contribution in [0.5, 0.6) is 11.5 Å². The first-order valence-corrected chi connectivity index (χ1v) is 11.1. The van der Waals surface area contributed by atoms with Crippen molar-refractivity contribution in [1.82, 2.24) is 14.9 Å². The van der Waals surface area contributed by atoms with Crippen molar-refractivity contribution in [3.8, 4) is 22.8 Å². The van der Waals surface area contributed by atoms with Crippen molar-refractivity contribution < 1.29 is 13.9 Å². The van der Waals surface area contributed by atoms with Crippen LogP contribution in [-0.2, 0) is 6.54 Å². The fourth-order valence-electron chi connectivity index (χ4n) is 4.34. The van der Waals surface area contributed by atoms with E-state index < -0.39 is 0 Å². The molecule has 0 saturated carbocycles. The maximum Gasteiger partial charge on any atom is 0.260 e. The van der Waals surface area contributed by atoms with Crippen LogP contribution in [0.2, 0.25) is 0 Å². The molecule has 1 saturated heterocycles. The van der Waals surface area contributed by atoms with Crippen molar-refractivity contribution >= 4 is 21.6 Å². The molecule has 7 nitrogen and oxygen atoms in total. The Bertz CT molecular complexity index is 1260. The molecule has 1 N–H and O–H groups in total. The van der Waals surface area contributed by atoms with E-state index in [0.717, 1.165) is 46.8 Å². The number of hydrogen-bond acceptors (Lipinski definition) is 7. The van der Waals surface area contributed by atoms with E-state index >= 15 is 0 Å². The Kier molecular flexibility index (Phi) is 5.25. The number of likely N-dealkylation sites (tertiary alicyclic amines) is 1. The molecule has 1 aromatic carbocycles. The van der Waals surface area contributed by atoms with Gasteiger partial charge in [-0.05, 0) is 37.6 Å². The summed E-state index contributed by atoms with van der Waals surface area (Å²) in [5, 5.41) is 2.51. The Morgan fingerprint density at radius 2 is 2.19 bits per heavy atom. The molecule has 5 rings (SSSR count). The van der Waals surface area contributed by atoms with Crippen molar-refractivity contribution in [2.75, 3.05) is 20.8 Å². The zero-order valence-electron chi connectivity index (χ0n) is 17.4. The minimum Gasteiger partial charge on any atom is -0.497 e. The van der Waals surface area contributed by atoms with Gasteiger partial charge in [0.05, 0.1) is 32.4 Å². The molecule has 31 heavy (non-hydrogen) atoms. The van der Waals surface area contributed by atoms with E-state index in [4.69, 9.17) is 18.9 Å². The Morgan fingerprint density at radius 3 is 2.97 bits per heavy atom. The second kappa shape index (κ2) is 8.20. The summed E-state index contributed by atoms with van der Waals surface area (Å²) in [6.07, 6.45) is 3.71. The number of aromatic amines is 1. The molecule has 0 bridgehead atoms. The van der Waals surface area contributed by atoms with Crippen LogP contribution in [0.1, 0.15) is 30.3 Å². The quantitative estimate of drug-likeness (QED) is 0.475. The summed E-state index contributed by atoms with van der Waals surface area (Å²) in [5.41, 5.74) is 1.78. The molecule has 0 spiro atoms. The summed E-state index contributed by atoms with van der Waals surface area (Å²) in [6.45, 7) is 1.50. The average molecular weight is 438 g/mol. The highest BCUT2D eigenvalue weighted by Gasteiger charge is 2.29. The summed E-state index contributed by atoms with van der Waals surface area (Å²) in [5.74, 6) is 2.93. The van der Waals surface area contributed by atoms with Gasteiger partial charge in [-0.25, -0.2) is 4.98 Å². The molecule has 160 valence electrons. The smallest absolute Gasteiger partial charge is 0.260 e. The van der Waals surface area contributed by atoms with Gasteiger partial charge in [0, 0.05) is 28.6 Å². The van der Waals surface area contributed by atoms with Crippen LogP contribution < -0.4 is 15.0 Å². The average Bonchev–Trinajstić information content (AvgIpc) is 3.54. The summed E-state index contributed by atoms with van der Waals surface area (Å²) in [4.78, 5) is 23.7. The summed E-state index contributed by atoms with van der Waals surface area (Å²) in [7, 11) is 3.33. The van der Waals surface area contributed by atoms with Gasteiger partial charge in [0.15, 0.2) is 0 Å². The van der Waals surface area contributed by atoms with Gasteiger partial charge in [-0.3, -0.25) is 9.69 Å². The number of aromatic nitrogens is 2. The number of ether oxygens (including phenoxy) is 2. The number of methoxy groups -OCH3 is 2. The first-order chi connectivity index (χ1) is 15.2. The third-order valence-corrected chi connectivity index (χ3v) is 6.67. The number of nitrogens with zero attached hydrogens (tertiary/aromatic N) is 2. The first-order valence-electron chi connectivity index (χ1n) is 10.2. The fourth-order valence-corrected chi connectivity index (χ4v) is 5.28. The van der Waals surface area contributed by atoms with Gasteiger partial charge in [-0.1, -0.05) is 6.07 Å². The predicted octanol–water partition coefficient (Wildman–Crippen LogP) is 4.60. The highest BCUT2D eigenvalue weighted by Crippen LogP contribution is 2.39. The molecule has 4 aromatic rings. The fraction of sp³-hybridized carbons (Fsp3) is 0.304. The number of hydrogen-bond donors (Lipinski definition) is 1. The van der Waals surface area contributed by atoms with Crippen LogP contribution >= 0.6 is 11.3 Å². The lowest BCUT2D eigenvalue weighted by Gasteiger charge is -2.26. The van der Waals surface area contributed by atoms with Gasteiger partial charge in [0.25, 0.3) is 5.56 Å². The van der Waals surface area contributed by atoms with Crippen LogP contribution in [-0.4, -0.2) is 35.6 Å². The first kappa shape index (κ1) is 19.8. The number of benzene rings is 1. The Morgan fingerprint density at radius 1 is 1.29 bits per heavy atom. The Balaban J connectivity index is 1.45. The van der Waals surface area contributed by atoms with E-state index in [1.54, 1.807) is 20.5 Å². The molecule has 3 aromatic heterocycles. The standard InChI is InChI=1S/C23H23N3O4S/c1-28-14-7-8-15(19(11-14)29-2)17-5-3-9-26(17)12-20-24-22(27)21-16(13-31-23(21)25-20)18-6-4-10-30-18/h4,6-8,10-11,13,17H,3,5,9,12H2,1-2H3,(H,24,25,27)/t17-/m0/s1. The van der Waals surface area contributed by atoms with E-state index in [2.05, 4.69) is 16.0 Å². The normalized spacial score (nSPS) is 16.8. The van der Waals surface area contributed by atoms with Crippen molar-refractivity contribution in [1.29, 1.82) is 0 Å². The summed E-state index contributed by atoms with van der Waals surface area (Å²) < 4.78 is 16.4. The van der Waals surface area contributed by atoms with Crippen LogP contribution in [0.25, 0.3) is 21.5 Å². The minimum absolute atomic E-state index is 0.134. The van der Waals surface area contributed by atoms with E-state index in [0.29, 0.717) is 23.5 Å². The lowest BCUT2D eigenvalue weighted by molar-refractivity contribution is 0.237. The van der Waals surface area contributed by atoms with Crippen LogP contribution in [0, 0.1) is 0 Å². The molecule has 0 aliphatic carbocycles. The molecule has 0 amide bonds. The van der Waals surface area contributed by atoms with E-state index in [9.17, 15) is 4.79 Å². The second-order valence-electron chi connectivity index (χ2n) is 7.56. The third-order valence-electron chi connectivity index (χ3n) is 5.80. The number of nitrogens with one attached hydrogen (secondary N) is 1. The molecule has 1 fully saturated rings. The lowest BCUT2D eigenvalue weighted by Crippen LogP contribution is -2.26. The summed E-state index contributed by atoms with van der Waals surface area (Å²) in [6, 6.07) is 9.81. The monoisotopic (exact) mass is 437 g/mol. The zero-order valence-corrected chi connectivity index (χ0v) is 18.2. The van der Waals surface area contributed by atoms with Gasteiger partial charge < -0.3 is 18.9 Å². The number of rotatable bonds is 6. The zero-order chi connectivity index (χ0) is 21.4. The highest BCUT2D eigenvalue weighted by atomic mass is 32.1. The third kappa shape index (κ3) is 3.62. The second-order valence-corrected chi connectivity index (χ2v) is 8.41. The molecular formula is C23H23N3O4S. The molecule has 4 heterocycles. The maximum absolute atomic E-state index is 12.9. The van der Waals surface area contributed by atoms with Crippen LogP contribution in [0.3, 0.4) is 0 Å². The number of H-pyrrole nitrogens is 1. The van der Waals surface area contributed by atoms with Gasteiger partial charge in [-0.15, -0.1) is 11.3 Å². The van der Waals surface area contributed by atoms with Gasteiger partial charge >= 0.3 is 0 Å². The minimum atomic E-state index is -0.134. The van der Waals surface area contributed by atoms with Crippen LogP contribution in [0.15, 0.2) is 51.2 Å². The molecule has 8 heteroatoms. The molecule has 1 aliphatic heterocycles. The van der Waals surface area contributed by atoms with Gasteiger partial charge in [-0.2, -0.15) is 0 Å². The SMILES string of the molecule is COc1ccc([C@@H]2CCCN2Cc2nc3scc(-c4ccco4)c3c(=O)[nH]2)c(OC)c1. The number of furan rings is 1. The van der Waals surface area contributed by atoms with Crippen molar-refractivity contribution in [2.24, 2.45) is 0 Å². The summed E-state index contributed by atoms with van der Waals surface area (Å²) >= 11 is 1.46. The predicted molar refractivity (Wildman–Crippen MR) is 120 cm³/mol. The lowest BCUT2D eigenvalue weighted by atomic mass is 10.0. The van der Waals surface area contributed by atoms with Crippen molar-refractivity contribution in [2.45, 2.75) is 25.4 Å². The van der Waals surface area contributed by atoms with Gasteiger partial charge in [0.2, 0.25) is 0 Å². The van der Waals surface area contributed by atoms with Crippen LogP contribution in [0.4, 0.5) is 0 Å². The molecule has 1 atom stereocenters. The maximum atomic E-state index is 12.9. The molecular weight excluding hydrogens is 414 g/mol. The molecule has 0 radical (unpaired) electrons. The largest absolute Gasteiger partial charge is 0.497 e. The van der Waals surface area contributed by atoms with Crippen molar-refractivity contribution in [3.05, 3.63) is 63.7 Å². The topological polar surface area (TPSA) is 80.6 Å². The van der Waals surface area contributed by atoms with Gasteiger partial charge in [0.1, 0.15) is 27.9 Å². The Hall–Kier alpha value is -3.10. The Labute approximate surface area is 183 Å².